The van der Waals surface area contributed by atoms with Gasteiger partial charge in [0.05, 0.1) is 5.60 Å². The van der Waals surface area contributed by atoms with Crippen molar-refractivity contribution >= 4 is 15.9 Å². The molecule has 1 fully saturated rings. The Kier molecular flexibility index (Phi) is 3.17. The fourth-order valence-electron chi connectivity index (χ4n) is 2.13. The lowest BCUT2D eigenvalue weighted by atomic mass is 9.87. The van der Waals surface area contributed by atoms with Crippen molar-refractivity contribution in [3.8, 4) is 0 Å². The van der Waals surface area contributed by atoms with Gasteiger partial charge in [-0.25, -0.2) is 0 Å². The molecule has 0 heterocycles. The minimum Gasteiger partial charge on any atom is -0.389 e. The molecule has 1 atom stereocenters. The summed E-state index contributed by atoms with van der Waals surface area (Å²) in [7, 11) is 0. The second-order valence-corrected chi connectivity index (χ2v) is 5.45. The Morgan fingerprint density at radius 3 is 2.40 bits per heavy atom. The third-order valence-electron chi connectivity index (χ3n) is 3.37. The molecule has 1 aromatic rings. The molecule has 1 saturated carbocycles. The third kappa shape index (κ3) is 2.61. The van der Waals surface area contributed by atoms with Crippen LogP contribution in [0.15, 0.2) is 28.7 Å². The summed E-state index contributed by atoms with van der Waals surface area (Å²) >= 11 is 3.42. The lowest BCUT2D eigenvalue weighted by molar-refractivity contribution is 0.0139. The van der Waals surface area contributed by atoms with E-state index in [4.69, 9.17) is 0 Å². The van der Waals surface area contributed by atoms with Crippen LogP contribution in [0.25, 0.3) is 0 Å². The average Bonchev–Trinajstić information content (AvgIpc) is 3.05. The van der Waals surface area contributed by atoms with Crippen molar-refractivity contribution in [2.24, 2.45) is 5.92 Å². The summed E-state index contributed by atoms with van der Waals surface area (Å²) in [6, 6.07) is 8.26. The van der Waals surface area contributed by atoms with Crippen LogP contribution in [0.3, 0.4) is 0 Å². The van der Waals surface area contributed by atoms with Crippen LogP contribution in [-0.4, -0.2) is 10.7 Å². The molecule has 1 unspecified atom stereocenters. The summed E-state index contributed by atoms with van der Waals surface area (Å²) < 4.78 is 1.10. The van der Waals surface area contributed by atoms with Gasteiger partial charge in [0.25, 0.3) is 0 Å². The maximum absolute atomic E-state index is 10.5. The van der Waals surface area contributed by atoms with Crippen molar-refractivity contribution in [3.05, 3.63) is 34.3 Å². The molecule has 1 N–H and O–H groups in total. The zero-order valence-corrected chi connectivity index (χ0v) is 10.6. The van der Waals surface area contributed by atoms with Crippen LogP contribution in [-0.2, 0) is 6.42 Å². The molecule has 0 aliphatic heterocycles. The molecular formula is C13H17BrO. The first kappa shape index (κ1) is 11.2. The first-order chi connectivity index (χ1) is 7.14. The van der Waals surface area contributed by atoms with E-state index in [1.807, 2.05) is 12.1 Å². The van der Waals surface area contributed by atoms with Gasteiger partial charge in [-0.3, -0.25) is 0 Å². The van der Waals surface area contributed by atoms with E-state index >= 15 is 0 Å². The highest BCUT2D eigenvalue weighted by Crippen LogP contribution is 2.43. The summed E-state index contributed by atoms with van der Waals surface area (Å²) in [5.74, 6) is 0.533. The van der Waals surface area contributed by atoms with Gasteiger partial charge in [0.15, 0.2) is 0 Å². The minimum absolute atomic E-state index is 0.464. The smallest absolute Gasteiger partial charge is 0.0713 e. The van der Waals surface area contributed by atoms with Gasteiger partial charge in [0, 0.05) is 10.9 Å². The SMILES string of the molecule is CCC(O)(Cc1ccc(Br)cc1)C1CC1. The van der Waals surface area contributed by atoms with Crippen molar-refractivity contribution in [1.82, 2.24) is 0 Å². The molecule has 0 radical (unpaired) electrons. The van der Waals surface area contributed by atoms with Crippen molar-refractivity contribution in [3.63, 3.8) is 0 Å². The van der Waals surface area contributed by atoms with E-state index in [0.29, 0.717) is 5.92 Å². The summed E-state index contributed by atoms with van der Waals surface area (Å²) in [5.41, 5.74) is 0.767. The highest BCUT2D eigenvalue weighted by atomic mass is 79.9. The molecule has 0 spiro atoms. The van der Waals surface area contributed by atoms with Crippen LogP contribution in [0.1, 0.15) is 31.7 Å². The topological polar surface area (TPSA) is 20.2 Å². The number of benzene rings is 1. The summed E-state index contributed by atoms with van der Waals surface area (Å²) in [5, 5.41) is 10.5. The molecule has 82 valence electrons. The summed E-state index contributed by atoms with van der Waals surface area (Å²) in [4.78, 5) is 0. The molecule has 1 aliphatic carbocycles. The van der Waals surface area contributed by atoms with E-state index in [-0.39, 0.29) is 0 Å². The predicted octanol–water partition coefficient (Wildman–Crippen LogP) is 3.54. The van der Waals surface area contributed by atoms with E-state index in [2.05, 4.69) is 35.0 Å². The van der Waals surface area contributed by atoms with Gasteiger partial charge in [-0.1, -0.05) is 35.0 Å². The molecule has 1 nitrogen and oxygen atoms in total. The maximum Gasteiger partial charge on any atom is 0.0713 e. The molecule has 0 amide bonds. The summed E-state index contributed by atoms with van der Waals surface area (Å²) in [6.45, 7) is 2.08. The normalized spacial score (nSPS) is 19.9. The number of halogens is 1. The van der Waals surface area contributed by atoms with E-state index in [1.54, 1.807) is 0 Å². The van der Waals surface area contributed by atoms with Gasteiger partial charge in [0.2, 0.25) is 0 Å². The Balaban J connectivity index is 2.09. The Morgan fingerprint density at radius 2 is 1.93 bits per heavy atom. The fraction of sp³-hybridized carbons (Fsp3) is 0.538. The maximum atomic E-state index is 10.5. The average molecular weight is 269 g/mol. The molecule has 15 heavy (non-hydrogen) atoms. The van der Waals surface area contributed by atoms with Crippen LogP contribution in [0.2, 0.25) is 0 Å². The van der Waals surface area contributed by atoms with Gasteiger partial charge < -0.3 is 5.11 Å². The first-order valence-corrected chi connectivity index (χ1v) is 6.40. The van der Waals surface area contributed by atoms with Crippen LogP contribution in [0.5, 0.6) is 0 Å². The Morgan fingerprint density at radius 1 is 1.33 bits per heavy atom. The molecule has 2 rings (SSSR count). The van der Waals surface area contributed by atoms with Crippen molar-refractivity contribution in [1.29, 1.82) is 0 Å². The molecule has 0 bridgehead atoms. The van der Waals surface area contributed by atoms with E-state index in [1.165, 1.54) is 18.4 Å². The quantitative estimate of drug-likeness (QED) is 0.886. The largest absolute Gasteiger partial charge is 0.389 e. The van der Waals surface area contributed by atoms with Crippen LogP contribution in [0, 0.1) is 5.92 Å². The highest BCUT2D eigenvalue weighted by Gasteiger charge is 2.42. The van der Waals surface area contributed by atoms with Gasteiger partial charge in [0.1, 0.15) is 0 Å². The van der Waals surface area contributed by atoms with Crippen LogP contribution < -0.4 is 0 Å². The molecule has 1 aliphatic rings. The molecule has 1 aromatic carbocycles. The third-order valence-corrected chi connectivity index (χ3v) is 3.90. The lowest BCUT2D eigenvalue weighted by Gasteiger charge is -2.26. The fourth-order valence-corrected chi connectivity index (χ4v) is 2.40. The van der Waals surface area contributed by atoms with E-state index < -0.39 is 5.60 Å². The molecule has 2 heteroatoms. The van der Waals surface area contributed by atoms with Crippen molar-refractivity contribution < 1.29 is 5.11 Å². The number of hydrogen-bond acceptors (Lipinski definition) is 1. The second-order valence-electron chi connectivity index (χ2n) is 4.53. The lowest BCUT2D eigenvalue weighted by Crippen LogP contribution is -2.33. The molecular weight excluding hydrogens is 252 g/mol. The Hall–Kier alpha value is -0.340. The number of hydrogen-bond donors (Lipinski definition) is 1. The van der Waals surface area contributed by atoms with Crippen LogP contribution >= 0.6 is 15.9 Å². The standard InChI is InChI=1S/C13H17BrO/c1-2-13(15,11-5-6-11)9-10-3-7-12(14)8-4-10/h3-4,7-8,11,15H,2,5-6,9H2,1H3. The molecule has 0 aromatic heterocycles. The predicted molar refractivity (Wildman–Crippen MR) is 65.8 cm³/mol. The highest BCUT2D eigenvalue weighted by molar-refractivity contribution is 9.10. The zero-order chi connectivity index (χ0) is 10.9. The first-order valence-electron chi connectivity index (χ1n) is 5.61. The van der Waals surface area contributed by atoms with Crippen LogP contribution in [0.4, 0.5) is 0 Å². The second kappa shape index (κ2) is 4.26. The van der Waals surface area contributed by atoms with E-state index in [0.717, 1.165) is 17.3 Å². The summed E-state index contributed by atoms with van der Waals surface area (Å²) in [6.07, 6.45) is 4.04. The molecule has 0 saturated heterocycles. The Bertz CT molecular complexity index is 329. The van der Waals surface area contributed by atoms with Gasteiger partial charge in [-0.15, -0.1) is 0 Å². The zero-order valence-electron chi connectivity index (χ0n) is 9.04. The van der Waals surface area contributed by atoms with Crippen molar-refractivity contribution in [2.75, 3.05) is 0 Å². The van der Waals surface area contributed by atoms with Crippen molar-refractivity contribution in [2.45, 2.75) is 38.2 Å². The monoisotopic (exact) mass is 268 g/mol. The van der Waals surface area contributed by atoms with Gasteiger partial charge in [-0.2, -0.15) is 0 Å². The Labute approximate surface area is 99.6 Å². The minimum atomic E-state index is -0.464. The van der Waals surface area contributed by atoms with E-state index in [9.17, 15) is 5.11 Å². The van der Waals surface area contributed by atoms with Gasteiger partial charge in [-0.05, 0) is 42.9 Å². The number of rotatable bonds is 4. The number of aliphatic hydroxyl groups is 1. The van der Waals surface area contributed by atoms with Gasteiger partial charge >= 0.3 is 0 Å².